The molecule has 15 heteroatoms. The van der Waals surface area contributed by atoms with E-state index in [1.165, 1.54) is 7.11 Å². The molecule has 61 heavy (non-hydrogen) atoms. The molecule has 3 aromatic rings. The van der Waals surface area contributed by atoms with Gasteiger partial charge in [0.1, 0.15) is 37.3 Å². The van der Waals surface area contributed by atoms with E-state index in [0.29, 0.717) is 5.57 Å². The largest absolute Gasteiger partial charge is 0.480 e. The maximum atomic E-state index is 13.6. The molecule has 326 valence electrons. The van der Waals surface area contributed by atoms with Gasteiger partial charge in [-0.25, -0.2) is 9.78 Å². The van der Waals surface area contributed by atoms with Gasteiger partial charge in [0.25, 0.3) is 0 Å². The summed E-state index contributed by atoms with van der Waals surface area (Å²) in [6.07, 6.45) is 2.94. The highest BCUT2D eigenvalue weighted by Gasteiger charge is 2.70. The molecule has 0 radical (unpaired) electrons. The van der Waals surface area contributed by atoms with Gasteiger partial charge in [0, 0.05) is 12.7 Å². The number of rotatable bonds is 10. The lowest BCUT2D eigenvalue weighted by Crippen LogP contribution is -2.52. The third kappa shape index (κ3) is 10.6. The Bertz CT molecular complexity index is 2250. The highest BCUT2D eigenvalue weighted by atomic mass is 35.5. The van der Waals surface area contributed by atoms with Crippen molar-refractivity contribution in [2.24, 2.45) is 0 Å². The summed E-state index contributed by atoms with van der Waals surface area (Å²) in [5.74, 6) is 8.31. The van der Waals surface area contributed by atoms with E-state index in [0.717, 1.165) is 16.3 Å². The Morgan fingerprint density at radius 3 is 2.51 bits per heavy atom. The Balaban J connectivity index is 1.44. The lowest BCUT2D eigenvalue weighted by molar-refractivity contribution is -0.180. The van der Waals surface area contributed by atoms with Crippen molar-refractivity contribution in [2.45, 2.75) is 120 Å². The number of terminal acetylenes is 1. The van der Waals surface area contributed by atoms with E-state index in [1.54, 1.807) is 39.0 Å². The SMILES string of the molecule is C#C[C@@H]1O[C@]12C1=C[C@H](Oc3ccc(nc3Cl)[C@H](NC(=O)OC(C)(C)C)CC(=O)OC[C@@H](OCOC)[C@@](O)(COCc3ccc4ccccc4c3)C#C1)[C@@H]2O[Si](C)(C)C(C)(C)C. The fourth-order valence-electron chi connectivity index (χ4n) is 6.85. The number of esters is 1. The van der Waals surface area contributed by atoms with Crippen LogP contribution >= 0.6 is 11.6 Å². The molecular formula is C46H55ClN2O11Si. The summed E-state index contributed by atoms with van der Waals surface area (Å²) in [5.41, 5.74) is -2.70. The second-order valence-corrected chi connectivity index (χ2v) is 23.1. The quantitative estimate of drug-likeness (QED) is 0.0529. The van der Waals surface area contributed by atoms with Crippen molar-refractivity contribution < 1.29 is 52.3 Å². The zero-order valence-corrected chi connectivity index (χ0v) is 37.9. The maximum absolute atomic E-state index is 13.6. The molecule has 7 atom stereocenters. The molecule has 1 saturated heterocycles. The van der Waals surface area contributed by atoms with Crippen LogP contribution in [0, 0.1) is 24.2 Å². The van der Waals surface area contributed by atoms with Crippen LogP contribution in [-0.4, -0.2) is 98.8 Å². The van der Waals surface area contributed by atoms with Crippen LogP contribution < -0.4 is 10.1 Å². The molecule has 1 aliphatic carbocycles. The number of benzene rings is 2. The minimum Gasteiger partial charge on any atom is -0.480 e. The van der Waals surface area contributed by atoms with Crippen molar-refractivity contribution in [1.29, 1.82) is 0 Å². The summed E-state index contributed by atoms with van der Waals surface area (Å²) < 4.78 is 48.7. The fraction of sp³-hybridized carbons (Fsp3) is 0.500. The number of hydrogen-bond acceptors (Lipinski definition) is 12. The van der Waals surface area contributed by atoms with Gasteiger partial charge in [-0.15, -0.1) is 6.42 Å². The average molecular weight is 875 g/mol. The number of nitrogens with one attached hydrogen (secondary N) is 1. The van der Waals surface area contributed by atoms with Gasteiger partial charge in [-0.3, -0.25) is 4.79 Å². The van der Waals surface area contributed by atoms with Crippen molar-refractivity contribution >= 4 is 42.8 Å². The molecule has 3 aliphatic heterocycles. The molecule has 4 aliphatic rings. The monoisotopic (exact) mass is 874 g/mol. The summed E-state index contributed by atoms with van der Waals surface area (Å²) in [4.78, 5) is 31.2. The van der Waals surface area contributed by atoms with Crippen LogP contribution in [0.5, 0.6) is 5.75 Å². The highest BCUT2D eigenvalue weighted by Crippen LogP contribution is 2.54. The molecule has 13 nitrogen and oxygen atoms in total. The van der Waals surface area contributed by atoms with Crippen molar-refractivity contribution in [2.75, 3.05) is 27.1 Å². The van der Waals surface area contributed by atoms with E-state index in [2.05, 4.69) is 61.9 Å². The van der Waals surface area contributed by atoms with Crippen LogP contribution in [0.2, 0.25) is 23.3 Å². The number of pyridine rings is 1. The van der Waals surface area contributed by atoms with E-state index in [-0.39, 0.29) is 41.6 Å². The lowest BCUT2D eigenvalue weighted by atomic mass is 9.92. The number of methoxy groups -OCH3 is 1. The Morgan fingerprint density at radius 1 is 1.11 bits per heavy atom. The number of hydrogen-bond donors (Lipinski definition) is 2. The number of aliphatic hydroxyl groups is 1. The van der Waals surface area contributed by atoms with Crippen LogP contribution in [0.1, 0.15) is 65.3 Å². The fourth-order valence-corrected chi connectivity index (χ4v) is 8.36. The molecule has 2 N–H and O–H groups in total. The van der Waals surface area contributed by atoms with Gasteiger partial charge in [-0.2, -0.15) is 0 Å². The van der Waals surface area contributed by atoms with E-state index in [1.807, 2.05) is 42.5 Å². The lowest BCUT2D eigenvalue weighted by Gasteiger charge is -2.40. The average Bonchev–Trinajstić information content (AvgIpc) is 3.85. The van der Waals surface area contributed by atoms with Crippen LogP contribution in [-0.2, 0) is 44.2 Å². The number of fused-ring (bicyclic) bond motifs is 10. The van der Waals surface area contributed by atoms with E-state index < -0.39 is 80.7 Å². The van der Waals surface area contributed by atoms with E-state index in [9.17, 15) is 14.7 Å². The Kier molecular flexibility index (Phi) is 13.6. The third-order valence-electron chi connectivity index (χ3n) is 11.1. The Morgan fingerprint density at radius 2 is 1.85 bits per heavy atom. The van der Waals surface area contributed by atoms with Crippen molar-refractivity contribution in [3.8, 4) is 29.9 Å². The zero-order chi connectivity index (χ0) is 44.4. The van der Waals surface area contributed by atoms with Crippen LogP contribution in [0.4, 0.5) is 4.79 Å². The van der Waals surface area contributed by atoms with Gasteiger partial charge in [-0.05, 0) is 79.5 Å². The van der Waals surface area contributed by atoms with Gasteiger partial charge in [0.15, 0.2) is 36.5 Å². The van der Waals surface area contributed by atoms with E-state index in [4.69, 9.17) is 55.6 Å². The first kappa shape index (κ1) is 46.0. The molecule has 1 fully saturated rings. The summed E-state index contributed by atoms with van der Waals surface area (Å²) in [6, 6.07) is 16.0. The van der Waals surface area contributed by atoms with Gasteiger partial charge >= 0.3 is 12.1 Å². The number of ether oxygens (including phenoxy) is 7. The minimum atomic E-state index is -2.55. The molecule has 2 aromatic carbocycles. The summed E-state index contributed by atoms with van der Waals surface area (Å²) in [5, 5.41) is 17.1. The van der Waals surface area contributed by atoms with E-state index >= 15 is 0 Å². The normalized spacial score (nSPS) is 26.6. The number of nitrogens with zero attached hydrogens (tertiary/aromatic N) is 1. The van der Waals surface area contributed by atoms with Crippen LogP contribution in [0.3, 0.4) is 0 Å². The predicted octanol–water partition coefficient (Wildman–Crippen LogP) is 7.19. The minimum absolute atomic E-state index is 0.0459. The number of alkyl carbamates (subject to hydrolysis) is 1. The van der Waals surface area contributed by atoms with Gasteiger partial charge in [0.05, 0.1) is 31.4 Å². The van der Waals surface area contributed by atoms with Crippen LogP contribution in [0.15, 0.2) is 66.2 Å². The van der Waals surface area contributed by atoms with Crippen molar-refractivity contribution in [1.82, 2.24) is 10.3 Å². The molecule has 0 saturated carbocycles. The highest BCUT2D eigenvalue weighted by molar-refractivity contribution is 6.74. The standard InChI is InChI=1S/C46H55ClN2O11Si/c1-11-37-46(58-37)32-20-21-45(52,27-54-25-29-16-17-30-14-12-13-15-31(30)22-29)38(56-28-53-8)26-55-39(50)24-34(49-42(51)59-43(2,3)4)33-18-19-35(41(47)48-33)57-36(23-32)40(46)60-61(9,10)44(5,6)7/h1,12-19,22-23,34,36-38,40,52H,24-28H2,2-10H3,(H,49,51)/t34-,36+,37+,38-,40+,45+,46-/m1/s1. The van der Waals surface area contributed by atoms with Gasteiger partial charge < -0.3 is 48.0 Å². The second kappa shape index (κ2) is 18.1. The number of epoxide rings is 1. The van der Waals surface area contributed by atoms with Crippen molar-refractivity contribution in [3.63, 3.8) is 0 Å². The number of carbonyl (C=O) groups is 2. The number of carbonyl (C=O) groups excluding carboxylic acids is 2. The third-order valence-corrected chi connectivity index (χ3v) is 15.9. The molecule has 4 bridgehead atoms. The number of aromatic nitrogens is 1. The van der Waals surface area contributed by atoms with Gasteiger partial charge in [-0.1, -0.05) is 86.5 Å². The molecule has 1 aromatic heterocycles. The molecule has 1 spiro atoms. The molecule has 0 unspecified atom stereocenters. The first-order valence-corrected chi connectivity index (χ1v) is 23.4. The second-order valence-electron chi connectivity index (χ2n) is 17.9. The summed E-state index contributed by atoms with van der Waals surface area (Å²) in [6.45, 7) is 14.7. The molecular weight excluding hydrogens is 820 g/mol. The Labute approximate surface area is 363 Å². The summed E-state index contributed by atoms with van der Waals surface area (Å²) >= 11 is 6.81. The smallest absolute Gasteiger partial charge is 0.408 e. The predicted molar refractivity (Wildman–Crippen MR) is 231 cm³/mol. The first-order valence-electron chi connectivity index (χ1n) is 20.1. The molecule has 4 heterocycles. The van der Waals surface area contributed by atoms with Crippen molar-refractivity contribution in [3.05, 3.63) is 82.7 Å². The molecule has 1 amide bonds. The Hall–Kier alpha value is -4.48. The van der Waals surface area contributed by atoms with Crippen LogP contribution in [0.25, 0.3) is 10.8 Å². The number of halogens is 1. The summed E-state index contributed by atoms with van der Waals surface area (Å²) in [7, 11) is -1.13. The zero-order valence-electron chi connectivity index (χ0n) is 36.1. The maximum Gasteiger partial charge on any atom is 0.408 e. The first-order chi connectivity index (χ1) is 28.7. The molecule has 7 rings (SSSR count). The number of amides is 1. The van der Waals surface area contributed by atoms with Gasteiger partial charge in [0.2, 0.25) is 0 Å². The topological polar surface area (TPSA) is 156 Å².